The first kappa shape index (κ1) is 21.8. The Bertz CT molecular complexity index is 428. The number of carbonyl (C=O) groups excluding carboxylic acids is 3. The highest BCUT2D eigenvalue weighted by atomic mass is 32.2. The first-order chi connectivity index (χ1) is 12.0. The number of nitrogens with zero attached hydrogens (tertiary/aromatic N) is 1. The number of urea groups is 1. The van der Waals surface area contributed by atoms with E-state index in [1.54, 1.807) is 4.90 Å². The van der Waals surface area contributed by atoms with Gasteiger partial charge in [-0.1, -0.05) is 43.9 Å². The molecule has 3 amide bonds. The van der Waals surface area contributed by atoms with Crippen molar-refractivity contribution < 1.29 is 19.5 Å². The summed E-state index contributed by atoms with van der Waals surface area (Å²) in [7, 11) is 0. The Morgan fingerprint density at radius 3 is 2.48 bits per heavy atom. The number of rotatable bonds is 10. The van der Waals surface area contributed by atoms with Crippen LogP contribution in [0.3, 0.4) is 0 Å². The number of aliphatic hydroxyl groups excluding tert-OH is 1. The monoisotopic (exact) mass is 373 g/mol. The van der Waals surface area contributed by atoms with E-state index in [4.69, 9.17) is 5.11 Å². The predicted molar refractivity (Wildman–Crippen MR) is 99.4 cm³/mol. The van der Waals surface area contributed by atoms with Crippen LogP contribution in [0.5, 0.6) is 0 Å². The van der Waals surface area contributed by atoms with Gasteiger partial charge in [0.1, 0.15) is 0 Å². The van der Waals surface area contributed by atoms with Gasteiger partial charge in [-0.25, -0.2) is 4.79 Å². The maximum absolute atomic E-state index is 12.4. The van der Waals surface area contributed by atoms with Gasteiger partial charge < -0.3 is 20.6 Å². The molecule has 0 spiro atoms. The quantitative estimate of drug-likeness (QED) is 0.537. The third kappa shape index (κ3) is 10.3. The third-order valence-electron chi connectivity index (χ3n) is 4.32. The van der Waals surface area contributed by atoms with Gasteiger partial charge in [-0.2, -0.15) is 0 Å². The molecule has 0 aromatic carbocycles. The minimum Gasteiger partial charge on any atom is -0.395 e. The molecule has 3 N–H and O–H groups in total. The zero-order chi connectivity index (χ0) is 18.5. The molecule has 0 saturated heterocycles. The first-order valence-corrected chi connectivity index (χ1v) is 10.0. The first-order valence-electron chi connectivity index (χ1n) is 9.06. The van der Waals surface area contributed by atoms with E-state index in [9.17, 15) is 14.4 Å². The van der Waals surface area contributed by atoms with Crippen molar-refractivity contribution in [1.82, 2.24) is 15.5 Å². The fourth-order valence-electron chi connectivity index (χ4n) is 2.95. The van der Waals surface area contributed by atoms with Crippen molar-refractivity contribution in [2.45, 2.75) is 45.4 Å². The van der Waals surface area contributed by atoms with Crippen LogP contribution in [0, 0.1) is 5.92 Å². The van der Waals surface area contributed by atoms with E-state index in [-0.39, 0.29) is 36.7 Å². The summed E-state index contributed by atoms with van der Waals surface area (Å²) in [6, 6.07) is -0.279. The second-order valence-corrected chi connectivity index (χ2v) is 7.62. The molecule has 0 bridgehead atoms. The minimum atomic E-state index is -0.326. The number of thioether (sulfide) groups is 1. The second-order valence-electron chi connectivity index (χ2n) is 6.35. The van der Waals surface area contributed by atoms with Gasteiger partial charge in [-0.3, -0.25) is 9.59 Å². The molecule has 8 heteroatoms. The van der Waals surface area contributed by atoms with Crippen LogP contribution in [-0.2, 0) is 9.59 Å². The normalized spacial score (nSPS) is 14.8. The van der Waals surface area contributed by atoms with E-state index in [2.05, 4.69) is 10.6 Å². The van der Waals surface area contributed by atoms with Crippen LogP contribution in [0.25, 0.3) is 0 Å². The molecule has 0 unspecified atom stereocenters. The van der Waals surface area contributed by atoms with Crippen LogP contribution in [0.1, 0.15) is 45.4 Å². The summed E-state index contributed by atoms with van der Waals surface area (Å²) < 4.78 is 0. The van der Waals surface area contributed by atoms with Crippen LogP contribution in [0.4, 0.5) is 4.79 Å². The van der Waals surface area contributed by atoms with Gasteiger partial charge in [0.15, 0.2) is 5.12 Å². The summed E-state index contributed by atoms with van der Waals surface area (Å²) in [6.07, 6.45) is 7.25. The topological polar surface area (TPSA) is 98.7 Å². The Balaban J connectivity index is 2.42. The largest absolute Gasteiger partial charge is 0.395 e. The Kier molecular flexibility index (Phi) is 11.3. The molecule has 0 atom stereocenters. The number of amides is 3. The highest BCUT2D eigenvalue weighted by Gasteiger charge is 2.18. The second kappa shape index (κ2) is 13.0. The minimum absolute atomic E-state index is 0.0380. The van der Waals surface area contributed by atoms with Crippen molar-refractivity contribution in [3.05, 3.63) is 0 Å². The Labute approximate surface area is 154 Å². The number of aliphatic hydroxyl groups is 1. The number of hydrogen-bond acceptors (Lipinski definition) is 5. The van der Waals surface area contributed by atoms with E-state index >= 15 is 0 Å². The summed E-state index contributed by atoms with van der Waals surface area (Å²) >= 11 is 1.21. The maximum atomic E-state index is 12.4. The summed E-state index contributed by atoms with van der Waals surface area (Å²) in [5.74, 6) is 0.898. The van der Waals surface area contributed by atoms with E-state index in [0.717, 1.165) is 6.42 Å². The number of carbonyl (C=O) groups is 3. The lowest BCUT2D eigenvalue weighted by Crippen LogP contribution is -2.46. The van der Waals surface area contributed by atoms with Gasteiger partial charge in [-0.05, 0) is 12.3 Å². The molecule has 1 aliphatic carbocycles. The lowest BCUT2D eigenvalue weighted by molar-refractivity contribution is -0.120. The van der Waals surface area contributed by atoms with E-state index < -0.39 is 0 Å². The third-order valence-corrected chi connectivity index (χ3v) is 5.11. The zero-order valence-corrected chi connectivity index (χ0v) is 15.9. The van der Waals surface area contributed by atoms with Crippen LogP contribution in [-0.4, -0.2) is 65.6 Å². The molecule has 1 aliphatic rings. The molecule has 0 aromatic rings. The van der Waals surface area contributed by atoms with Crippen molar-refractivity contribution >= 4 is 28.8 Å². The van der Waals surface area contributed by atoms with Crippen molar-refractivity contribution in [3.8, 4) is 0 Å². The van der Waals surface area contributed by atoms with Crippen molar-refractivity contribution in [2.75, 3.05) is 38.5 Å². The highest BCUT2D eigenvalue weighted by molar-refractivity contribution is 8.13. The number of nitrogens with one attached hydrogen (secondary N) is 2. The average Bonchev–Trinajstić information content (AvgIpc) is 2.61. The molecule has 0 aliphatic heterocycles. The molecular weight excluding hydrogens is 342 g/mol. The molecule has 144 valence electrons. The predicted octanol–water partition coefficient (Wildman–Crippen LogP) is 1.36. The molecule has 1 fully saturated rings. The lowest BCUT2D eigenvalue weighted by Gasteiger charge is -2.27. The molecule has 25 heavy (non-hydrogen) atoms. The Hall–Kier alpha value is -1.28. The van der Waals surface area contributed by atoms with E-state index in [1.165, 1.54) is 50.8 Å². The molecule has 0 radical (unpaired) electrons. The smallest absolute Gasteiger partial charge is 0.317 e. The molecular formula is C17H31N3O4S. The van der Waals surface area contributed by atoms with Crippen LogP contribution in [0.15, 0.2) is 0 Å². The molecule has 0 heterocycles. The van der Waals surface area contributed by atoms with Gasteiger partial charge in [-0.15, -0.1) is 0 Å². The molecule has 7 nitrogen and oxygen atoms in total. The maximum Gasteiger partial charge on any atom is 0.317 e. The van der Waals surface area contributed by atoms with Gasteiger partial charge in [0.2, 0.25) is 5.91 Å². The highest BCUT2D eigenvalue weighted by Crippen LogP contribution is 2.26. The zero-order valence-electron chi connectivity index (χ0n) is 15.1. The van der Waals surface area contributed by atoms with Gasteiger partial charge in [0.05, 0.1) is 13.2 Å². The molecule has 1 saturated carbocycles. The van der Waals surface area contributed by atoms with Crippen molar-refractivity contribution in [1.29, 1.82) is 0 Å². The summed E-state index contributed by atoms with van der Waals surface area (Å²) in [5, 5.41) is 13.8. The average molecular weight is 374 g/mol. The van der Waals surface area contributed by atoms with Gasteiger partial charge in [0.25, 0.3) is 0 Å². The van der Waals surface area contributed by atoms with Crippen LogP contribution < -0.4 is 10.6 Å². The van der Waals surface area contributed by atoms with Gasteiger partial charge >= 0.3 is 6.03 Å². The summed E-state index contributed by atoms with van der Waals surface area (Å²) in [5.41, 5.74) is 0. The number of hydrogen-bond donors (Lipinski definition) is 3. The SMILES string of the molecule is CC(=O)SCCN(CCC1CCCCC1)C(=O)NCC(=O)NCCO. The Morgan fingerprint density at radius 2 is 1.84 bits per heavy atom. The van der Waals surface area contributed by atoms with Crippen molar-refractivity contribution in [2.24, 2.45) is 5.92 Å². The standard InChI is InChI=1S/C17H31N3O4S/c1-14(22)25-12-10-20(9-7-15-5-3-2-4-6-15)17(24)19-13-16(23)18-8-11-21/h15,21H,2-13H2,1H3,(H,18,23)(H,19,24). The fourth-order valence-corrected chi connectivity index (χ4v) is 3.55. The fraction of sp³-hybridized carbons (Fsp3) is 0.824. The summed E-state index contributed by atoms with van der Waals surface area (Å²) in [4.78, 5) is 36.7. The molecule has 1 rings (SSSR count). The van der Waals surface area contributed by atoms with E-state index in [1.807, 2.05) is 0 Å². The van der Waals surface area contributed by atoms with Crippen LogP contribution >= 0.6 is 11.8 Å². The van der Waals surface area contributed by atoms with Crippen molar-refractivity contribution in [3.63, 3.8) is 0 Å². The van der Waals surface area contributed by atoms with Gasteiger partial charge in [0, 0.05) is 32.3 Å². The Morgan fingerprint density at radius 1 is 1.12 bits per heavy atom. The van der Waals surface area contributed by atoms with E-state index in [0.29, 0.717) is 24.8 Å². The summed E-state index contributed by atoms with van der Waals surface area (Å²) in [6.45, 7) is 2.58. The van der Waals surface area contributed by atoms with Crippen LogP contribution in [0.2, 0.25) is 0 Å². The molecule has 0 aromatic heterocycles. The lowest BCUT2D eigenvalue weighted by atomic mass is 9.87.